The van der Waals surface area contributed by atoms with E-state index in [2.05, 4.69) is 48.9 Å². The van der Waals surface area contributed by atoms with E-state index in [1.807, 2.05) is 0 Å². The lowest BCUT2D eigenvalue weighted by Gasteiger charge is -2.26. The highest BCUT2D eigenvalue weighted by Gasteiger charge is 2.39. The molecule has 2 N–H and O–H groups in total. The summed E-state index contributed by atoms with van der Waals surface area (Å²) in [5, 5.41) is 19.0. The maximum atomic E-state index is 12.4. The van der Waals surface area contributed by atoms with Gasteiger partial charge in [-0.1, -0.05) is 19.4 Å². The van der Waals surface area contributed by atoms with Gasteiger partial charge in [-0.2, -0.15) is 13.2 Å². The Labute approximate surface area is 223 Å². The number of morpholine rings is 1. The number of aliphatic carboxylic acids is 1. The summed E-state index contributed by atoms with van der Waals surface area (Å²) in [6, 6.07) is 0. The minimum absolute atomic E-state index is 0.0954. The first-order chi connectivity index (χ1) is 18.7. The molecule has 0 spiro atoms. The van der Waals surface area contributed by atoms with Crippen LogP contribution in [0, 0.1) is 5.92 Å². The van der Waals surface area contributed by atoms with E-state index < -0.39 is 12.1 Å². The standard InChI is InChI=1S/C23H32N6O3.C2HF3O2/c1-2-16-13-17(32-23(30)24-7-4-8-28-9-11-31-12-10-28)14-18(16)22-27-26-21-15-25-19-5-3-6-20(19)29(21)22;3-2(4,5)1(6)7/h3,6,15-18H,2,4-5,7-14H2,1H3,(H,24,30);(H,6,7)/t16-,17+,18+;/m1./s1. The zero-order chi connectivity index (χ0) is 28.0. The van der Waals surface area contributed by atoms with Crippen molar-refractivity contribution in [2.45, 2.75) is 57.2 Å². The third-order valence-electron chi connectivity index (χ3n) is 7.22. The molecule has 1 amide bonds. The quantitative estimate of drug-likeness (QED) is 0.496. The van der Waals surface area contributed by atoms with E-state index in [1.165, 1.54) is 0 Å². The van der Waals surface area contributed by atoms with Gasteiger partial charge in [0.2, 0.25) is 0 Å². The van der Waals surface area contributed by atoms with Crippen molar-refractivity contribution in [2.75, 3.05) is 39.4 Å². The molecule has 0 bridgehead atoms. The number of allylic oxidation sites excluding steroid dienone is 1. The van der Waals surface area contributed by atoms with Crippen LogP contribution < -0.4 is 5.32 Å². The molecule has 5 rings (SSSR count). The molecule has 1 saturated carbocycles. The van der Waals surface area contributed by atoms with E-state index in [0.717, 1.165) is 87.8 Å². The summed E-state index contributed by atoms with van der Waals surface area (Å²) in [6.45, 7) is 7.34. The Balaban J connectivity index is 0.000000448. The van der Waals surface area contributed by atoms with E-state index >= 15 is 0 Å². The number of alkyl carbamates (subject to hydrolysis) is 1. The maximum Gasteiger partial charge on any atom is 0.490 e. The average Bonchev–Trinajstić information content (AvgIpc) is 3.64. The Kier molecular flexibility index (Phi) is 9.38. The number of ether oxygens (including phenoxy) is 2. The van der Waals surface area contributed by atoms with Gasteiger partial charge in [-0.05, 0) is 37.8 Å². The summed E-state index contributed by atoms with van der Waals surface area (Å²) in [6.07, 6.45) is 4.97. The van der Waals surface area contributed by atoms with E-state index in [1.54, 1.807) is 6.20 Å². The highest BCUT2D eigenvalue weighted by atomic mass is 19.4. The number of aromatic nitrogens is 4. The molecule has 1 aliphatic heterocycles. The molecule has 2 aromatic heterocycles. The van der Waals surface area contributed by atoms with Crippen molar-refractivity contribution in [3.8, 4) is 0 Å². The first kappa shape index (κ1) is 28.7. The largest absolute Gasteiger partial charge is 0.490 e. The highest BCUT2D eigenvalue weighted by molar-refractivity contribution is 5.73. The van der Waals surface area contributed by atoms with Crippen molar-refractivity contribution < 1.29 is 37.3 Å². The monoisotopic (exact) mass is 554 g/mol. The van der Waals surface area contributed by atoms with Gasteiger partial charge in [0.1, 0.15) is 11.9 Å². The van der Waals surface area contributed by atoms with Crippen molar-refractivity contribution in [1.82, 2.24) is 29.8 Å². The molecule has 0 unspecified atom stereocenters. The van der Waals surface area contributed by atoms with Gasteiger partial charge in [0.15, 0.2) is 5.65 Å². The van der Waals surface area contributed by atoms with Crippen LogP contribution in [0.4, 0.5) is 18.0 Å². The van der Waals surface area contributed by atoms with E-state index in [4.69, 9.17) is 19.4 Å². The van der Waals surface area contributed by atoms with E-state index in [-0.39, 0.29) is 18.1 Å². The Morgan fingerprint density at radius 1 is 1.23 bits per heavy atom. The van der Waals surface area contributed by atoms with Crippen LogP contribution in [0.2, 0.25) is 0 Å². The van der Waals surface area contributed by atoms with Crippen molar-refractivity contribution in [1.29, 1.82) is 0 Å². The fraction of sp³-hybridized carbons (Fsp3) is 0.640. The Hall–Kier alpha value is -3.26. The maximum absolute atomic E-state index is 12.4. The number of alkyl halides is 3. The molecule has 3 heterocycles. The van der Waals surface area contributed by atoms with Crippen LogP contribution >= 0.6 is 0 Å². The Morgan fingerprint density at radius 3 is 2.67 bits per heavy atom. The zero-order valence-electron chi connectivity index (χ0n) is 21.7. The summed E-state index contributed by atoms with van der Waals surface area (Å²) in [5.41, 5.74) is 2.93. The Morgan fingerprint density at radius 2 is 1.97 bits per heavy atom. The van der Waals surface area contributed by atoms with Gasteiger partial charge < -0.3 is 19.9 Å². The number of halogens is 3. The number of carboxylic acids is 1. The molecule has 0 radical (unpaired) electrons. The highest BCUT2D eigenvalue weighted by Crippen LogP contribution is 2.42. The molecule has 2 aromatic rings. The van der Waals surface area contributed by atoms with Crippen LogP contribution in [0.5, 0.6) is 0 Å². The predicted octanol–water partition coefficient (Wildman–Crippen LogP) is 3.05. The molecular formula is C25H33F3N6O5. The fourth-order valence-electron chi connectivity index (χ4n) is 5.27. The van der Waals surface area contributed by atoms with Gasteiger partial charge in [0, 0.05) is 32.0 Å². The number of carbonyl (C=O) groups is 2. The van der Waals surface area contributed by atoms with Crippen LogP contribution in [0.25, 0.3) is 11.7 Å². The SMILES string of the molecule is CC[C@@H]1C[C@H](OC(=O)NCCCN2CCOCC2)C[C@@H]1c1nnc2cnc3c(n12)C=CC3.O=C(O)C(F)(F)F. The summed E-state index contributed by atoms with van der Waals surface area (Å²) >= 11 is 0. The number of carboxylic acid groups (broad SMARTS) is 1. The average molecular weight is 555 g/mol. The number of amides is 1. The number of nitrogens with one attached hydrogen (secondary N) is 1. The number of carbonyl (C=O) groups excluding carboxylic acids is 1. The topological polar surface area (TPSA) is 131 Å². The molecule has 3 atom stereocenters. The Bertz CT molecular complexity index is 1180. The molecular weight excluding hydrogens is 521 g/mol. The smallest absolute Gasteiger partial charge is 0.475 e. The first-order valence-corrected chi connectivity index (χ1v) is 13.1. The molecule has 11 nitrogen and oxygen atoms in total. The van der Waals surface area contributed by atoms with Crippen molar-refractivity contribution in [3.63, 3.8) is 0 Å². The lowest BCUT2D eigenvalue weighted by molar-refractivity contribution is -0.192. The van der Waals surface area contributed by atoms with Crippen LogP contribution in [-0.4, -0.2) is 93.3 Å². The molecule has 39 heavy (non-hydrogen) atoms. The third-order valence-corrected chi connectivity index (χ3v) is 7.22. The summed E-state index contributed by atoms with van der Waals surface area (Å²) < 4.78 is 45.1. The van der Waals surface area contributed by atoms with Crippen LogP contribution in [-0.2, 0) is 20.7 Å². The van der Waals surface area contributed by atoms with Crippen molar-refractivity contribution in [2.24, 2.45) is 5.92 Å². The van der Waals surface area contributed by atoms with Gasteiger partial charge in [0.25, 0.3) is 0 Å². The summed E-state index contributed by atoms with van der Waals surface area (Å²) in [4.78, 5) is 28.2. The summed E-state index contributed by atoms with van der Waals surface area (Å²) in [5.74, 6) is -1.16. The van der Waals surface area contributed by atoms with Gasteiger partial charge in [-0.3, -0.25) is 14.3 Å². The second kappa shape index (κ2) is 12.7. The first-order valence-electron chi connectivity index (χ1n) is 13.1. The van der Waals surface area contributed by atoms with E-state index in [9.17, 15) is 18.0 Å². The van der Waals surface area contributed by atoms with E-state index in [0.29, 0.717) is 12.5 Å². The lowest BCUT2D eigenvalue weighted by atomic mass is 9.93. The molecule has 3 aliphatic rings. The molecule has 0 aromatic carbocycles. The van der Waals surface area contributed by atoms with Gasteiger partial charge in [0.05, 0.1) is 30.8 Å². The number of hydrogen-bond acceptors (Lipinski definition) is 8. The molecule has 1 saturated heterocycles. The minimum Gasteiger partial charge on any atom is -0.475 e. The zero-order valence-corrected chi connectivity index (χ0v) is 21.7. The van der Waals surface area contributed by atoms with Crippen LogP contribution in [0.15, 0.2) is 12.3 Å². The number of hydrogen-bond donors (Lipinski definition) is 2. The van der Waals surface area contributed by atoms with Crippen LogP contribution in [0.1, 0.15) is 55.7 Å². The molecule has 2 fully saturated rings. The number of fused-ring (bicyclic) bond motifs is 3. The third kappa shape index (κ3) is 7.24. The van der Waals surface area contributed by atoms with Crippen molar-refractivity contribution in [3.05, 3.63) is 29.5 Å². The molecule has 14 heteroatoms. The van der Waals surface area contributed by atoms with Gasteiger partial charge >= 0.3 is 18.2 Å². The number of rotatable bonds is 7. The molecule has 214 valence electrons. The van der Waals surface area contributed by atoms with Crippen molar-refractivity contribution >= 4 is 23.8 Å². The molecule has 2 aliphatic carbocycles. The predicted molar refractivity (Wildman–Crippen MR) is 133 cm³/mol. The number of nitrogens with zero attached hydrogens (tertiary/aromatic N) is 5. The second-order valence-corrected chi connectivity index (χ2v) is 9.76. The minimum atomic E-state index is -5.08. The lowest BCUT2D eigenvalue weighted by Crippen LogP contribution is -2.38. The van der Waals surface area contributed by atoms with Gasteiger partial charge in [-0.15, -0.1) is 10.2 Å². The van der Waals surface area contributed by atoms with Crippen LogP contribution in [0.3, 0.4) is 0 Å². The second-order valence-electron chi connectivity index (χ2n) is 9.76. The van der Waals surface area contributed by atoms with Gasteiger partial charge in [-0.25, -0.2) is 9.59 Å². The normalized spacial score (nSPS) is 22.8. The fourth-order valence-corrected chi connectivity index (χ4v) is 5.27. The summed E-state index contributed by atoms with van der Waals surface area (Å²) in [7, 11) is 0.